The third-order valence-electron chi connectivity index (χ3n) is 3.71. The number of hydrogen-bond donors (Lipinski definition) is 1. The van der Waals surface area contributed by atoms with Crippen molar-refractivity contribution in [3.05, 3.63) is 46.5 Å². The maximum absolute atomic E-state index is 13.2. The third kappa shape index (κ3) is 4.38. The Morgan fingerprint density at radius 1 is 1.33 bits per heavy atom. The molecule has 2 aromatic rings. The molecule has 24 heavy (non-hydrogen) atoms. The van der Waals surface area contributed by atoms with Crippen molar-refractivity contribution in [1.29, 1.82) is 0 Å². The van der Waals surface area contributed by atoms with Crippen LogP contribution >= 0.6 is 23.7 Å². The number of nitrogen functional groups attached to an aromatic ring is 1. The minimum absolute atomic E-state index is 0. The summed E-state index contributed by atoms with van der Waals surface area (Å²) in [6, 6.07) is 5.59. The molecule has 1 unspecified atom stereocenters. The van der Waals surface area contributed by atoms with E-state index in [1.54, 1.807) is 12.3 Å². The Hall–Kier alpha value is -1.35. The van der Waals surface area contributed by atoms with Crippen LogP contribution in [0.2, 0.25) is 0 Å². The largest absolute Gasteiger partial charge is 0.416 e. The molecule has 1 fully saturated rings. The lowest BCUT2D eigenvalue weighted by molar-refractivity contribution is -0.140. The molecule has 9 heteroatoms. The molecule has 0 aliphatic carbocycles. The van der Waals surface area contributed by atoms with E-state index < -0.39 is 17.8 Å². The van der Waals surface area contributed by atoms with Crippen molar-refractivity contribution in [3.8, 4) is 0 Å². The highest BCUT2D eigenvalue weighted by molar-refractivity contribution is 7.15. The predicted octanol–water partition coefficient (Wildman–Crippen LogP) is 3.74. The number of ether oxygens (including phenoxy) is 1. The molecule has 2 heterocycles. The number of hydrogen-bond acceptors (Lipinski definition) is 5. The van der Waals surface area contributed by atoms with Crippen molar-refractivity contribution in [1.82, 2.24) is 9.88 Å². The molecule has 1 saturated heterocycles. The van der Waals surface area contributed by atoms with Gasteiger partial charge in [0.05, 0.1) is 18.3 Å². The minimum atomic E-state index is -4.38. The topological polar surface area (TPSA) is 51.4 Å². The summed E-state index contributed by atoms with van der Waals surface area (Å²) < 4.78 is 45.1. The summed E-state index contributed by atoms with van der Waals surface area (Å²) >= 11 is 1.39. The van der Waals surface area contributed by atoms with Crippen molar-refractivity contribution in [2.45, 2.75) is 18.8 Å². The Labute approximate surface area is 147 Å². The second-order valence-corrected chi connectivity index (χ2v) is 6.49. The van der Waals surface area contributed by atoms with Gasteiger partial charge < -0.3 is 10.5 Å². The summed E-state index contributed by atoms with van der Waals surface area (Å²) in [4.78, 5) is 7.05. The van der Waals surface area contributed by atoms with E-state index in [1.807, 2.05) is 0 Å². The van der Waals surface area contributed by atoms with Crippen LogP contribution in [0.3, 0.4) is 0 Å². The lowest BCUT2D eigenvalue weighted by atomic mass is 10.0. The Kier molecular flexibility index (Phi) is 6.08. The SMILES string of the molecule is Cl.Nc1ncc(CN2CCOC(c3ccccc3C(F)(F)F)C2)s1. The zero-order valence-corrected chi connectivity index (χ0v) is 14.3. The van der Waals surface area contributed by atoms with E-state index in [4.69, 9.17) is 10.5 Å². The van der Waals surface area contributed by atoms with Gasteiger partial charge in [-0.2, -0.15) is 13.2 Å². The summed E-state index contributed by atoms with van der Waals surface area (Å²) in [7, 11) is 0. The first-order chi connectivity index (χ1) is 10.9. The molecule has 0 radical (unpaired) electrons. The van der Waals surface area contributed by atoms with Gasteiger partial charge in [0, 0.05) is 30.7 Å². The van der Waals surface area contributed by atoms with E-state index in [2.05, 4.69) is 9.88 Å². The standard InChI is InChI=1S/C15H16F3N3OS.ClH/c16-15(17,18)12-4-2-1-3-11(12)13-9-21(5-6-22-13)8-10-7-20-14(19)23-10;/h1-4,7,13H,5-6,8-9H2,(H2,19,20);1H. The fourth-order valence-corrected chi connectivity index (χ4v) is 3.41. The first-order valence-electron chi connectivity index (χ1n) is 7.14. The lowest BCUT2D eigenvalue weighted by Crippen LogP contribution is -2.38. The quantitative estimate of drug-likeness (QED) is 0.882. The van der Waals surface area contributed by atoms with E-state index in [-0.39, 0.29) is 18.0 Å². The van der Waals surface area contributed by atoms with Gasteiger partial charge in [0.1, 0.15) is 0 Å². The van der Waals surface area contributed by atoms with E-state index in [9.17, 15) is 13.2 Å². The van der Waals surface area contributed by atoms with Crippen LogP contribution in [0.5, 0.6) is 0 Å². The number of morpholine rings is 1. The van der Waals surface area contributed by atoms with Crippen LogP contribution < -0.4 is 5.73 Å². The number of halogens is 4. The van der Waals surface area contributed by atoms with Crippen LogP contribution in [0.25, 0.3) is 0 Å². The molecule has 1 aromatic carbocycles. The second-order valence-electron chi connectivity index (χ2n) is 5.34. The number of nitrogens with zero attached hydrogens (tertiary/aromatic N) is 2. The zero-order valence-electron chi connectivity index (χ0n) is 12.6. The van der Waals surface area contributed by atoms with Crippen molar-refractivity contribution in [3.63, 3.8) is 0 Å². The number of nitrogens with two attached hydrogens (primary N) is 1. The predicted molar refractivity (Wildman–Crippen MR) is 89.2 cm³/mol. The van der Waals surface area contributed by atoms with Gasteiger partial charge in [0.2, 0.25) is 0 Å². The molecule has 1 aliphatic heterocycles. The average molecular weight is 380 g/mol. The molecule has 2 N–H and O–H groups in total. The average Bonchev–Trinajstić information content (AvgIpc) is 2.92. The minimum Gasteiger partial charge on any atom is -0.375 e. The molecule has 132 valence electrons. The normalized spacial score (nSPS) is 19.0. The maximum atomic E-state index is 13.2. The number of rotatable bonds is 3. The number of aromatic nitrogens is 1. The fourth-order valence-electron chi connectivity index (χ4n) is 2.69. The molecule has 0 amide bonds. The van der Waals surface area contributed by atoms with Crippen LogP contribution in [-0.4, -0.2) is 29.6 Å². The summed E-state index contributed by atoms with van der Waals surface area (Å²) in [6.07, 6.45) is -3.27. The van der Waals surface area contributed by atoms with Crippen molar-refractivity contribution in [2.24, 2.45) is 0 Å². The summed E-state index contributed by atoms with van der Waals surface area (Å²) in [6.45, 7) is 2.08. The lowest BCUT2D eigenvalue weighted by Gasteiger charge is -2.33. The summed E-state index contributed by atoms with van der Waals surface area (Å²) in [5, 5.41) is 0.493. The molecule has 3 rings (SSSR count). The maximum Gasteiger partial charge on any atom is 0.416 e. The van der Waals surface area contributed by atoms with E-state index in [0.717, 1.165) is 10.9 Å². The highest BCUT2D eigenvalue weighted by Crippen LogP contribution is 2.36. The van der Waals surface area contributed by atoms with Gasteiger partial charge in [-0.3, -0.25) is 4.90 Å². The Morgan fingerprint density at radius 2 is 2.08 bits per heavy atom. The van der Waals surface area contributed by atoms with Crippen LogP contribution in [0.4, 0.5) is 18.3 Å². The van der Waals surface area contributed by atoms with E-state index in [1.165, 1.54) is 23.5 Å². The number of alkyl halides is 3. The number of benzene rings is 1. The Morgan fingerprint density at radius 3 is 2.75 bits per heavy atom. The molecule has 1 atom stereocenters. The molecular formula is C15H17ClF3N3OS. The molecule has 0 spiro atoms. The van der Waals surface area contributed by atoms with Crippen LogP contribution in [0, 0.1) is 0 Å². The Bertz CT molecular complexity index is 680. The first kappa shape index (κ1) is 19.0. The Balaban J connectivity index is 0.00000208. The van der Waals surface area contributed by atoms with E-state index in [0.29, 0.717) is 31.4 Å². The smallest absolute Gasteiger partial charge is 0.375 e. The summed E-state index contributed by atoms with van der Waals surface area (Å²) in [5.41, 5.74) is 5.17. The van der Waals surface area contributed by atoms with Crippen molar-refractivity contribution in [2.75, 3.05) is 25.4 Å². The zero-order chi connectivity index (χ0) is 16.4. The van der Waals surface area contributed by atoms with Gasteiger partial charge in [0.15, 0.2) is 5.13 Å². The van der Waals surface area contributed by atoms with Gasteiger partial charge in [0.25, 0.3) is 0 Å². The van der Waals surface area contributed by atoms with Gasteiger partial charge in [-0.25, -0.2) is 4.98 Å². The van der Waals surface area contributed by atoms with Gasteiger partial charge >= 0.3 is 6.18 Å². The van der Waals surface area contributed by atoms with Gasteiger partial charge in [-0.05, 0) is 11.6 Å². The highest BCUT2D eigenvalue weighted by atomic mass is 35.5. The van der Waals surface area contributed by atoms with Crippen LogP contribution in [0.1, 0.15) is 22.1 Å². The van der Waals surface area contributed by atoms with Crippen LogP contribution in [0.15, 0.2) is 30.5 Å². The number of thiazole rings is 1. The molecule has 4 nitrogen and oxygen atoms in total. The monoisotopic (exact) mass is 379 g/mol. The summed E-state index contributed by atoms with van der Waals surface area (Å²) in [5.74, 6) is 0. The van der Waals surface area contributed by atoms with Crippen molar-refractivity contribution < 1.29 is 17.9 Å². The second kappa shape index (κ2) is 7.69. The van der Waals surface area contributed by atoms with Gasteiger partial charge in [-0.1, -0.05) is 18.2 Å². The van der Waals surface area contributed by atoms with Crippen molar-refractivity contribution >= 4 is 28.9 Å². The molecule has 0 saturated carbocycles. The first-order valence-corrected chi connectivity index (χ1v) is 7.95. The van der Waals surface area contributed by atoms with Crippen LogP contribution in [-0.2, 0) is 17.5 Å². The fraction of sp³-hybridized carbons (Fsp3) is 0.400. The molecule has 1 aliphatic rings. The van der Waals surface area contributed by atoms with Gasteiger partial charge in [-0.15, -0.1) is 23.7 Å². The number of anilines is 1. The van der Waals surface area contributed by atoms with E-state index >= 15 is 0 Å². The molecule has 0 bridgehead atoms. The molecule has 1 aromatic heterocycles. The molecular weight excluding hydrogens is 363 g/mol. The highest BCUT2D eigenvalue weighted by Gasteiger charge is 2.36. The third-order valence-corrected chi connectivity index (χ3v) is 4.53.